The number of benzene rings is 1. The molecule has 5 fully saturated rings. The fourth-order valence-electron chi connectivity index (χ4n) is 6.93. The third kappa shape index (κ3) is 2.75. The maximum atomic E-state index is 11.2. The van der Waals surface area contributed by atoms with Crippen molar-refractivity contribution in [2.45, 2.75) is 75.7 Å². The Bertz CT molecular complexity index is 682. The smallest absolute Gasteiger partial charge is 0.128 e. The van der Waals surface area contributed by atoms with Crippen LogP contribution >= 0.6 is 0 Å². The number of phenols is 1. The molecule has 6 rings (SSSR count). The molecule has 5 saturated carbocycles. The van der Waals surface area contributed by atoms with Crippen molar-refractivity contribution in [1.82, 2.24) is 0 Å². The monoisotopic (exact) mass is 353 g/mol. The third-order valence-electron chi connectivity index (χ3n) is 7.71. The van der Waals surface area contributed by atoms with E-state index >= 15 is 0 Å². The number of methoxy groups -OCH3 is 1. The second-order valence-electron chi connectivity index (χ2n) is 9.53. The van der Waals surface area contributed by atoms with Gasteiger partial charge in [0.05, 0.1) is 7.11 Å². The average molecular weight is 354 g/mol. The van der Waals surface area contributed by atoms with Gasteiger partial charge in [-0.3, -0.25) is 4.99 Å². The van der Waals surface area contributed by atoms with Gasteiger partial charge >= 0.3 is 0 Å². The van der Waals surface area contributed by atoms with E-state index in [9.17, 15) is 5.11 Å². The topological polar surface area (TPSA) is 41.8 Å². The van der Waals surface area contributed by atoms with Crippen LogP contribution in [-0.2, 0) is 5.41 Å². The molecule has 5 aliphatic rings. The number of hydrogen-bond acceptors (Lipinski definition) is 3. The highest BCUT2D eigenvalue weighted by molar-refractivity contribution is 5.85. The van der Waals surface area contributed by atoms with Crippen LogP contribution in [0.1, 0.15) is 75.3 Å². The number of ether oxygens (including phenoxy) is 1. The van der Waals surface area contributed by atoms with Crippen molar-refractivity contribution in [3.8, 4) is 11.5 Å². The summed E-state index contributed by atoms with van der Waals surface area (Å²) in [7, 11) is 1.73. The fourth-order valence-corrected chi connectivity index (χ4v) is 6.93. The molecule has 3 heteroatoms. The number of aliphatic imine (C=N–C) groups is 1. The van der Waals surface area contributed by atoms with Gasteiger partial charge in [-0.1, -0.05) is 12.8 Å². The number of nitrogens with zero attached hydrogens (tertiary/aromatic N) is 1. The van der Waals surface area contributed by atoms with Crippen LogP contribution < -0.4 is 4.74 Å². The van der Waals surface area contributed by atoms with Gasteiger partial charge in [-0.2, -0.15) is 0 Å². The molecule has 0 spiro atoms. The molecule has 0 aromatic heterocycles. The van der Waals surface area contributed by atoms with Gasteiger partial charge in [0.25, 0.3) is 0 Å². The van der Waals surface area contributed by atoms with Crippen molar-refractivity contribution in [2.24, 2.45) is 22.7 Å². The van der Waals surface area contributed by atoms with Crippen molar-refractivity contribution in [1.29, 1.82) is 0 Å². The van der Waals surface area contributed by atoms with Crippen LogP contribution in [0.3, 0.4) is 0 Å². The SMILES string of the molecule is COc1cc(C=NC2CCCC2)c(O)c(C23CC4CC(CC(C4)C2)C3)c1. The van der Waals surface area contributed by atoms with E-state index in [-0.39, 0.29) is 5.41 Å². The number of hydrogen-bond donors (Lipinski definition) is 1. The van der Waals surface area contributed by atoms with E-state index in [1.165, 1.54) is 64.2 Å². The highest BCUT2D eigenvalue weighted by atomic mass is 16.5. The molecule has 0 heterocycles. The van der Waals surface area contributed by atoms with Crippen molar-refractivity contribution in [3.63, 3.8) is 0 Å². The van der Waals surface area contributed by atoms with Crippen molar-refractivity contribution in [2.75, 3.05) is 7.11 Å². The first-order chi connectivity index (χ1) is 12.6. The van der Waals surface area contributed by atoms with Crippen molar-refractivity contribution in [3.05, 3.63) is 23.3 Å². The highest BCUT2D eigenvalue weighted by Gasteiger charge is 2.52. The summed E-state index contributed by atoms with van der Waals surface area (Å²) in [6, 6.07) is 4.51. The molecule has 140 valence electrons. The lowest BCUT2D eigenvalue weighted by atomic mass is 9.48. The summed E-state index contributed by atoms with van der Waals surface area (Å²) in [6.07, 6.45) is 14.8. The van der Waals surface area contributed by atoms with E-state index < -0.39 is 0 Å². The quantitative estimate of drug-likeness (QED) is 0.753. The Morgan fingerprint density at radius 1 is 1.04 bits per heavy atom. The Morgan fingerprint density at radius 2 is 1.65 bits per heavy atom. The highest BCUT2D eigenvalue weighted by Crippen LogP contribution is 2.62. The molecule has 0 aliphatic heterocycles. The zero-order valence-corrected chi connectivity index (χ0v) is 15.9. The predicted molar refractivity (Wildman–Crippen MR) is 104 cm³/mol. The van der Waals surface area contributed by atoms with Crippen molar-refractivity contribution < 1.29 is 9.84 Å². The van der Waals surface area contributed by atoms with Gasteiger partial charge in [0.2, 0.25) is 0 Å². The van der Waals surface area contributed by atoms with Gasteiger partial charge in [0, 0.05) is 23.4 Å². The summed E-state index contributed by atoms with van der Waals surface area (Å²) in [5.41, 5.74) is 2.16. The minimum atomic E-state index is 0.170. The first kappa shape index (κ1) is 16.6. The summed E-state index contributed by atoms with van der Waals surface area (Å²) in [4.78, 5) is 4.78. The molecule has 0 amide bonds. The summed E-state index contributed by atoms with van der Waals surface area (Å²) in [5.74, 6) is 3.92. The number of rotatable bonds is 4. The summed E-state index contributed by atoms with van der Waals surface area (Å²) in [5, 5.41) is 11.2. The van der Waals surface area contributed by atoms with E-state index in [2.05, 4.69) is 6.07 Å². The molecule has 26 heavy (non-hydrogen) atoms. The zero-order valence-electron chi connectivity index (χ0n) is 15.9. The summed E-state index contributed by atoms with van der Waals surface area (Å²) in [6.45, 7) is 0. The average Bonchev–Trinajstić information content (AvgIpc) is 3.13. The predicted octanol–water partition coefficient (Wildman–Crippen LogP) is 5.23. The Balaban J connectivity index is 1.53. The third-order valence-corrected chi connectivity index (χ3v) is 7.71. The van der Waals surface area contributed by atoms with Crippen LogP contribution in [0, 0.1) is 17.8 Å². The molecule has 1 aromatic rings. The fraction of sp³-hybridized carbons (Fsp3) is 0.696. The van der Waals surface area contributed by atoms with E-state index in [1.54, 1.807) is 7.11 Å². The maximum Gasteiger partial charge on any atom is 0.128 e. The molecule has 3 nitrogen and oxygen atoms in total. The van der Waals surface area contributed by atoms with Gasteiger partial charge < -0.3 is 9.84 Å². The number of aromatic hydroxyl groups is 1. The Hall–Kier alpha value is -1.51. The zero-order chi connectivity index (χ0) is 17.7. The summed E-state index contributed by atoms with van der Waals surface area (Å²) >= 11 is 0. The van der Waals surface area contributed by atoms with Gasteiger partial charge in [-0.15, -0.1) is 0 Å². The van der Waals surface area contributed by atoms with E-state index in [0.717, 1.165) is 34.6 Å². The maximum absolute atomic E-state index is 11.2. The van der Waals surface area contributed by atoms with Crippen LogP contribution in [0.5, 0.6) is 11.5 Å². The van der Waals surface area contributed by atoms with Gasteiger partial charge in [0.15, 0.2) is 0 Å². The molecule has 5 aliphatic carbocycles. The minimum absolute atomic E-state index is 0.170. The molecule has 0 unspecified atom stereocenters. The Labute approximate surface area is 156 Å². The minimum Gasteiger partial charge on any atom is -0.507 e. The molecule has 0 atom stereocenters. The molecule has 1 N–H and O–H groups in total. The van der Waals surface area contributed by atoms with Crippen LogP contribution in [-0.4, -0.2) is 24.5 Å². The largest absolute Gasteiger partial charge is 0.507 e. The van der Waals surface area contributed by atoms with Gasteiger partial charge in [-0.05, 0) is 86.7 Å². The molecule has 0 saturated heterocycles. The van der Waals surface area contributed by atoms with Gasteiger partial charge in [-0.25, -0.2) is 0 Å². The standard InChI is InChI=1S/C23H31NO2/c1-26-20-9-18(14-24-19-4-2-3-5-19)22(25)21(10-20)23-11-15-6-16(12-23)8-17(7-15)13-23/h9-10,14-17,19,25H,2-8,11-13H2,1H3. The van der Waals surface area contributed by atoms with Crippen LogP contribution in [0.15, 0.2) is 17.1 Å². The van der Waals surface area contributed by atoms with E-state index in [4.69, 9.17) is 9.73 Å². The number of phenolic OH excluding ortho intramolecular Hbond substituents is 1. The molecule has 4 bridgehead atoms. The Morgan fingerprint density at radius 3 is 2.23 bits per heavy atom. The first-order valence-corrected chi connectivity index (χ1v) is 10.6. The molecular weight excluding hydrogens is 322 g/mol. The molecular formula is C23H31NO2. The van der Waals surface area contributed by atoms with Crippen LogP contribution in [0.2, 0.25) is 0 Å². The second-order valence-corrected chi connectivity index (χ2v) is 9.53. The summed E-state index contributed by atoms with van der Waals surface area (Å²) < 4.78 is 5.61. The Kier molecular flexibility index (Phi) is 4.02. The van der Waals surface area contributed by atoms with Crippen LogP contribution in [0.25, 0.3) is 0 Å². The van der Waals surface area contributed by atoms with E-state index in [1.807, 2.05) is 12.3 Å². The first-order valence-electron chi connectivity index (χ1n) is 10.6. The van der Waals surface area contributed by atoms with Crippen LogP contribution in [0.4, 0.5) is 0 Å². The van der Waals surface area contributed by atoms with Gasteiger partial charge in [0.1, 0.15) is 11.5 Å². The van der Waals surface area contributed by atoms with E-state index in [0.29, 0.717) is 11.8 Å². The van der Waals surface area contributed by atoms with Crippen molar-refractivity contribution >= 4 is 6.21 Å². The lowest BCUT2D eigenvalue weighted by Gasteiger charge is -2.57. The molecule has 1 aromatic carbocycles. The lowest BCUT2D eigenvalue weighted by Crippen LogP contribution is -2.48. The molecule has 0 radical (unpaired) electrons. The normalized spacial score (nSPS) is 36.3. The second kappa shape index (κ2) is 6.28. The lowest BCUT2D eigenvalue weighted by molar-refractivity contribution is -0.00622.